The number of rotatable bonds is 4. The van der Waals surface area contributed by atoms with Gasteiger partial charge in [0.05, 0.1) is 5.41 Å². The van der Waals surface area contributed by atoms with E-state index in [2.05, 4.69) is 33.1 Å². The van der Waals surface area contributed by atoms with Gasteiger partial charge in [0.25, 0.3) is 5.91 Å². The van der Waals surface area contributed by atoms with E-state index in [1.165, 1.54) is 17.3 Å². The zero-order valence-electron chi connectivity index (χ0n) is 13.8. The highest BCUT2D eigenvalue weighted by Crippen LogP contribution is 2.52. The van der Waals surface area contributed by atoms with Crippen LogP contribution in [0.15, 0.2) is 49.1 Å². The van der Waals surface area contributed by atoms with E-state index in [0.717, 1.165) is 12.8 Å². The Bertz CT molecular complexity index is 828. The maximum absolute atomic E-state index is 12.7. The van der Waals surface area contributed by atoms with Gasteiger partial charge in [0.1, 0.15) is 12.7 Å². The van der Waals surface area contributed by atoms with Crippen molar-refractivity contribution in [1.82, 2.24) is 14.9 Å². The van der Waals surface area contributed by atoms with E-state index < -0.39 is 0 Å². The van der Waals surface area contributed by atoms with Gasteiger partial charge in [-0.15, -0.1) is 10.2 Å². The summed E-state index contributed by atoms with van der Waals surface area (Å²) >= 11 is 0. The number of allylic oxidation sites excluding steroid dienone is 2. The van der Waals surface area contributed by atoms with Gasteiger partial charge in [-0.25, -0.2) is 4.68 Å². The van der Waals surface area contributed by atoms with Crippen LogP contribution >= 0.6 is 0 Å². The molecule has 2 amide bonds. The molecule has 2 bridgehead atoms. The summed E-state index contributed by atoms with van der Waals surface area (Å²) in [6.07, 6.45) is 9.18. The number of carbonyl (C=O) groups is 2. The Labute approximate surface area is 145 Å². The van der Waals surface area contributed by atoms with E-state index in [9.17, 15) is 9.59 Å². The number of carbonyl (C=O) groups excluding carboxylic acids is 2. The van der Waals surface area contributed by atoms with Gasteiger partial charge in [-0.1, -0.05) is 19.1 Å². The molecule has 0 saturated heterocycles. The highest BCUT2D eigenvalue weighted by molar-refractivity contribution is 6.01. The molecule has 1 aromatic carbocycles. The van der Waals surface area contributed by atoms with Crippen molar-refractivity contribution in [3.8, 4) is 0 Å². The molecule has 7 nitrogen and oxygen atoms in total. The molecule has 3 atom stereocenters. The molecule has 1 saturated carbocycles. The minimum Gasteiger partial charge on any atom is -0.326 e. The van der Waals surface area contributed by atoms with Gasteiger partial charge in [-0.3, -0.25) is 15.0 Å². The molecular formula is C18H19N5O2. The van der Waals surface area contributed by atoms with Gasteiger partial charge < -0.3 is 5.32 Å². The van der Waals surface area contributed by atoms with Crippen LogP contribution in [0.2, 0.25) is 0 Å². The van der Waals surface area contributed by atoms with Crippen molar-refractivity contribution in [3.05, 3.63) is 54.6 Å². The van der Waals surface area contributed by atoms with Gasteiger partial charge >= 0.3 is 0 Å². The number of hydrogen-bond donors (Lipinski definition) is 2. The summed E-state index contributed by atoms with van der Waals surface area (Å²) < 4.78 is 1.38. The summed E-state index contributed by atoms with van der Waals surface area (Å²) in [5.74, 6) is 0.629. The molecule has 2 aromatic rings. The molecule has 2 N–H and O–H groups in total. The molecule has 7 heteroatoms. The number of amides is 2. The fourth-order valence-electron chi connectivity index (χ4n) is 3.77. The molecule has 25 heavy (non-hydrogen) atoms. The predicted octanol–water partition coefficient (Wildman–Crippen LogP) is 2.20. The Balaban J connectivity index is 1.41. The van der Waals surface area contributed by atoms with Crippen molar-refractivity contribution in [2.24, 2.45) is 17.3 Å². The average Bonchev–Trinajstić information content (AvgIpc) is 3.33. The monoisotopic (exact) mass is 337 g/mol. The van der Waals surface area contributed by atoms with Crippen LogP contribution in [0.1, 0.15) is 30.1 Å². The maximum Gasteiger partial charge on any atom is 0.270 e. The second kappa shape index (κ2) is 5.84. The van der Waals surface area contributed by atoms with Crippen LogP contribution in [0, 0.1) is 17.3 Å². The lowest BCUT2D eigenvalue weighted by Gasteiger charge is -2.29. The SMILES string of the molecule is C[C@]1(C(=O)Nc2ccc(C(=O)Nn3cnnc3)cc2)C[C@H]2C=C[C@H]1C2. The third-order valence-corrected chi connectivity index (χ3v) is 5.25. The molecule has 1 heterocycles. The van der Waals surface area contributed by atoms with Crippen LogP contribution in [0.25, 0.3) is 0 Å². The van der Waals surface area contributed by atoms with Gasteiger partial charge in [0, 0.05) is 11.3 Å². The first-order valence-corrected chi connectivity index (χ1v) is 8.30. The van der Waals surface area contributed by atoms with Crippen molar-refractivity contribution in [2.75, 3.05) is 10.7 Å². The Kier molecular flexibility index (Phi) is 3.63. The number of nitrogens with one attached hydrogen (secondary N) is 2. The minimum absolute atomic E-state index is 0.0473. The summed E-state index contributed by atoms with van der Waals surface area (Å²) in [5, 5.41) is 10.2. The Morgan fingerprint density at radius 3 is 2.48 bits per heavy atom. The normalized spacial score (nSPS) is 26.6. The topological polar surface area (TPSA) is 88.9 Å². The summed E-state index contributed by atoms with van der Waals surface area (Å²) in [4.78, 5) is 24.8. The first-order chi connectivity index (χ1) is 12.0. The lowest BCUT2D eigenvalue weighted by Crippen LogP contribution is -2.36. The second-order valence-electron chi connectivity index (χ2n) is 6.95. The molecular weight excluding hydrogens is 318 g/mol. The zero-order chi connectivity index (χ0) is 17.4. The fraction of sp³-hybridized carbons (Fsp3) is 0.333. The summed E-state index contributed by atoms with van der Waals surface area (Å²) in [7, 11) is 0. The molecule has 2 aliphatic rings. The molecule has 2 aliphatic carbocycles. The summed E-state index contributed by atoms with van der Waals surface area (Å²) in [5.41, 5.74) is 3.46. The fourth-order valence-corrected chi connectivity index (χ4v) is 3.77. The highest BCUT2D eigenvalue weighted by atomic mass is 16.2. The van der Waals surface area contributed by atoms with E-state index in [-0.39, 0.29) is 17.2 Å². The van der Waals surface area contributed by atoms with E-state index in [1.807, 2.05) is 6.92 Å². The molecule has 4 rings (SSSR count). The third kappa shape index (κ3) is 2.82. The predicted molar refractivity (Wildman–Crippen MR) is 92.2 cm³/mol. The first-order valence-electron chi connectivity index (χ1n) is 8.30. The zero-order valence-corrected chi connectivity index (χ0v) is 13.8. The maximum atomic E-state index is 12.7. The second-order valence-corrected chi connectivity index (χ2v) is 6.95. The van der Waals surface area contributed by atoms with Gasteiger partial charge in [-0.2, -0.15) is 0 Å². The average molecular weight is 337 g/mol. The molecule has 0 radical (unpaired) electrons. The van der Waals surface area contributed by atoms with Gasteiger partial charge in [0.15, 0.2) is 0 Å². The first kappa shape index (κ1) is 15.6. The van der Waals surface area contributed by atoms with Crippen molar-refractivity contribution < 1.29 is 9.59 Å². The Hall–Kier alpha value is -2.96. The lowest BCUT2D eigenvalue weighted by molar-refractivity contribution is -0.126. The van der Waals surface area contributed by atoms with E-state index in [4.69, 9.17) is 0 Å². The molecule has 0 unspecified atom stereocenters. The number of fused-ring (bicyclic) bond motifs is 2. The lowest BCUT2D eigenvalue weighted by atomic mass is 9.77. The number of benzene rings is 1. The van der Waals surface area contributed by atoms with Gasteiger partial charge in [0.2, 0.25) is 5.91 Å². The van der Waals surface area contributed by atoms with E-state index >= 15 is 0 Å². The van der Waals surface area contributed by atoms with Crippen LogP contribution in [0.3, 0.4) is 0 Å². The van der Waals surface area contributed by atoms with Crippen LogP contribution in [-0.2, 0) is 4.79 Å². The Morgan fingerprint density at radius 2 is 1.88 bits per heavy atom. The van der Waals surface area contributed by atoms with Crippen molar-refractivity contribution in [2.45, 2.75) is 19.8 Å². The largest absolute Gasteiger partial charge is 0.326 e. The standard InChI is InChI=1S/C18H19N5O2/c1-18(9-12-2-5-14(18)8-12)17(25)21-15-6-3-13(4-7-15)16(24)22-23-10-19-20-11-23/h2-7,10-12,14H,8-9H2,1H3,(H,21,25)(H,22,24)/t12-,14-,18-/m0/s1. The number of nitrogens with zero attached hydrogens (tertiary/aromatic N) is 3. The molecule has 0 aliphatic heterocycles. The number of hydrogen-bond acceptors (Lipinski definition) is 4. The number of anilines is 1. The quantitative estimate of drug-likeness (QED) is 0.837. The van der Waals surface area contributed by atoms with Crippen molar-refractivity contribution >= 4 is 17.5 Å². The number of aromatic nitrogens is 3. The summed E-state index contributed by atoms with van der Waals surface area (Å²) in [6.45, 7) is 2.04. The van der Waals surface area contributed by atoms with E-state index in [1.54, 1.807) is 24.3 Å². The molecule has 1 aromatic heterocycles. The van der Waals surface area contributed by atoms with Gasteiger partial charge in [-0.05, 0) is 48.9 Å². The van der Waals surface area contributed by atoms with Crippen LogP contribution < -0.4 is 10.7 Å². The van der Waals surface area contributed by atoms with Crippen molar-refractivity contribution in [3.63, 3.8) is 0 Å². The Morgan fingerprint density at radius 1 is 1.16 bits per heavy atom. The van der Waals surface area contributed by atoms with E-state index in [0.29, 0.717) is 23.1 Å². The van der Waals surface area contributed by atoms with Crippen LogP contribution in [0.5, 0.6) is 0 Å². The molecule has 1 fully saturated rings. The molecule has 0 spiro atoms. The smallest absolute Gasteiger partial charge is 0.270 e. The summed E-state index contributed by atoms with van der Waals surface area (Å²) in [6, 6.07) is 6.84. The highest BCUT2D eigenvalue weighted by Gasteiger charge is 2.49. The minimum atomic E-state index is -0.343. The van der Waals surface area contributed by atoms with Crippen LogP contribution in [0.4, 0.5) is 5.69 Å². The molecule has 128 valence electrons. The van der Waals surface area contributed by atoms with Crippen molar-refractivity contribution in [1.29, 1.82) is 0 Å². The van der Waals surface area contributed by atoms with Crippen LogP contribution in [-0.4, -0.2) is 26.7 Å². The third-order valence-electron chi connectivity index (χ3n) is 5.25.